The van der Waals surface area contributed by atoms with E-state index in [0.717, 1.165) is 23.6 Å². The first-order valence-corrected chi connectivity index (χ1v) is 9.03. The first-order chi connectivity index (χ1) is 9.63. The van der Waals surface area contributed by atoms with Crippen LogP contribution in [0.3, 0.4) is 0 Å². The highest BCUT2D eigenvalue weighted by molar-refractivity contribution is 7.87. The minimum atomic E-state index is -3.63. The average Bonchev–Trinajstić information content (AvgIpc) is 2.34. The summed E-state index contributed by atoms with van der Waals surface area (Å²) in [5, 5.41) is 8.66. The van der Waals surface area contributed by atoms with Crippen LogP contribution in [0.5, 0.6) is 0 Å². The number of nitrogens with zero attached hydrogens (tertiary/aromatic N) is 1. The molecule has 0 bridgehead atoms. The van der Waals surface area contributed by atoms with Gasteiger partial charge in [-0.2, -0.15) is 17.4 Å². The van der Waals surface area contributed by atoms with Gasteiger partial charge >= 0.3 is 5.97 Å². The number of rotatable bonds is 7. The van der Waals surface area contributed by atoms with Crippen molar-refractivity contribution in [2.45, 2.75) is 52.5 Å². The van der Waals surface area contributed by atoms with Gasteiger partial charge < -0.3 is 5.11 Å². The van der Waals surface area contributed by atoms with Gasteiger partial charge in [-0.05, 0) is 30.6 Å². The molecule has 0 spiro atoms. The molecule has 3 atom stereocenters. The Bertz CT molecular complexity index is 450. The normalized spacial score (nSPS) is 27.2. The fourth-order valence-electron chi connectivity index (χ4n) is 2.99. The summed E-state index contributed by atoms with van der Waals surface area (Å²) in [4.78, 5) is 10.6. The smallest absolute Gasteiger partial charge is 0.304 e. The van der Waals surface area contributed by atoms with Crippen LogP contribution in [0, 0.1) is 17.8 Å². The molecule has 2 N–H and O–H groups in total. The van der Waals surface area contributed by atoms with Crippen molar-refractivity contribution in [3.05, 3.63) is 0 Å². The second-order valence-corrected chi connectivity index (χ2v) is 8.33. The highest BCUT2D eigenvalue weighted by Crippen LogP contribution is 2.33. The highest BCUT2D eigenvalue weighted by Gasteiger charge is 2.34. The maximum Gasteiger partial charge on any atom is 0.304 e. The van der Waals surface area contributed by atoms with Crippen LogP contribution >= 0.6 is 0 Å². The Hall–Kier alpha value is -0.660. The van der Waals surface area contributed by atoms with Crippen molar-refractivity contribution < 1.29 is 18.3 Å². The van der Waals surface area contributed by atoms with Gasteiger partial charge in [0.05, 0.1) is 6.42 Å². The van der Waals surface area contributed by atoms with E-state index < -0.39 is 16.2 Å². The molecule has 0 aromatic carbocycles. The predicted octanol–water partition coefficient (Wildman–Crippen LogP) is 1.69. The van der Waals surface area contributed by atoms with Gasteiger partial charge in [0.1, 0.15) is 0 Å². The van der Waals surface area contributed by atoms with Gasteiger partial charge in [0.15, 0.2) is 0 Å². The first-order valence-electron chi connectivity index (χ1n) is 7.59. The monoisotopic (exact) mass is 320 g/mol. The third-order valence-corrected chi connectivity index (χ3v) is 5.98. The minimum Gasteiger partial charge on any atom is -0.481 e. The third kappa shape index (κ3) is 5.56. The lowest BCUT2D eigenvalue weighted by Gasteiger charge is -2.38. The number of hydrogen-bond acceptors (Lipinski definition) is 3. The lowest BCUT2D eigenvalue weighted by atomic mass is 9.74. The topological polar surface area (TPSA) is 86.7 Å². The molecule has 6 nitrogen and oxygen atoms in total. The average molecular weight is 320 g/mol. The molecule has 0 saturated heterocycles. The molecule has 0 aliphatic heterocycles. The van der Waals surface area contributed by atoms with E-state index in [1.54, 1.807) is 0 Å². The molecule has 1 aliphatic carbocycles. The van der Waals surface area contributed by atoms with E-state index >= 15 is 0 Å². The van der Waals surface area contributed by atoms with Gasteiger partial charge in [0.2, 0.25) is 0 Å². The molecule has 0 heterocycles. The lowest BCUT2D eigenvalue weighted by Crippen LogP contribution is -2.50. The largest absolute Gasteiger partial charge is 0.481 e. The molecule has 124 valence electrons. The van der Waals surface area contributed by atoms with Gasteiger partial charge in [0, 0.05) is 19.6 Å². The summed E-state index contributed by atoms with van der Waals surface area (Å²) in [5.74, 6) is 0.277. The third-order valence-electron chi connectivity index (χ3n) is 4.37. The summed E-state index contributed by atoms with van der Waals surface area (Å²) >= 11 is 0. The van der Waals surface area contributed by atoms with Crippen LogP contribution in [-0.2, 0) is 15.0 Å². The summed E-state index contributed by atoms with van der Waals surface area (Å²) in [6.45, 7) is 6.37. The number of carbonyl (C=O) groups is 1. The molecule has 1 fully saturated rings. The Morgan fingerprint density at radius 1 is 1.38 bits per heavy atom. The van der Waals surface area contributed by atoms with Crippen molar-refractivity contribution in [3.63, 3.8) is 0 Å². The van der Waals surface area contributed by atoms with Gasteiger partial charge in [-0.1, -0.05) is 27.2 Å². The molecule has 0 radical (unpaired) electrons. The van der Waals surface area contributed by atoms with Gasteiger partial charge in [-0.3, -0.25) is 4.79 Å². The summed E-state index contributed by atoms with van der Waals surface area (Å²) in [5.41, 5.74) is 0. The molecule has 1 rings (SSSR count). The molecule has 21 heavy (non-hydrogen) atoms. The fraction of sp³-hybridized carbons (Fsp3) is 0.929. The Labute approximate surface area is 128 Å². The second kappa shape index (κ2) is 7.56. The fourth-order valence-corrected chi connectivity index (χ4v) is 4.16. The molecule has 0 amide bonds. The van der Waals surface area contributed by atoms with E-state index in [1.807, 2.05) is 0 Å². The van der Waals surface area contributed by atoms with Crippen LogP contribution in [0.2, 0.25) is 0 Å². The van der Waals surface area contributed by atoms with E-state index in [0.29, 0.717) is 17.8 Å². The quantitative estimate of drug-likeness (QED) is 0.747. The van der Waals surface area contributed by atoms with Crippen LogP contribution in [-0.4, -0.2) is 43.4 Å². The summed E-state index contributed by atoms with van der Waals surface area (Å²) in [6.07, 6.45) is 2.82. The lowest BCUT2D eigenvalue weighted by molar-refractivity contribution is -0.137. The van der Waals surface area contributed by atoms with Crippen molar-refractivity contribution in [2.75, 3.05) is 13.6 Å². The standard InChI is InChI=1S/C14H28N2O4S/c1-10(2)12-6-5-11(3)9-13(12)15-21(19,20)16(4)8-7-14(17)18/h10-13,15H,5-9H2,1-4H3,(H,17,18). The predicted molar refractivity (Wildman–Crippen MR) is 82.1 cm³/mol. The Morgan fingerprint density at radius 2 is 2.00 bits per heavy atom. The zero-order valence-electron chi connectivity index (χ0n) is 13.4. The number of carboxylic acids is 1. The number of hydrogen-bond donors (Lipinski definition) is 2. The molecule has 0 aromatic rings. The number of nitrogens with one attached hydrogen (secondary N) is 1. The van der Waals surface area contributed by atoms with Crippen LogP contribution in [0.1, 0.15) is 46.5 Å². The Morgan fingerprint density at radius 3 is 2.52 bits per heavy atom. The van der Waals surface area contributed by atoms with Crippen molar-refractivity contribution in [3.8, 4) is 0 Å². The summed E-state index contributed by atoms with van der Waals surface area (Å²) in [7, 11) is -2.21. The van der Waals surface area contributed by atoms with E-state index in [2.05, 4.69) is 25.5 Å². The van der Waals surface area contributed by atoms with E-state index in [4.69, 9.17) is 5.11 Å². The van der Waals surface area contributed by atoms with Crippen LogP contribution in [0.4, 0.5) is 0 Å². The van der Waals surface area contributed by atoms with Crippen molar-refractivity contribution in [1.82, 2.24) is 9.03 Å². The Kier molecular flexibility index (Phi) is 6.62. The van der Waals surface area contributed by atoms with Gasteiger partial charge in [-0.15, -0.1) is 0 Å². The zero-order valence-corrected chi connectivity index (χ0v) is 14.2. The minimum absolute atomic E-state index is 0.0146. The summed E-state index contributed by atoms with van der Waals surface area (Å²) < 4.78 is 28.5. The van der Waals surface area contributed by atoms with Gasteiger partial charge in [0.25, 0.3) is 10.2 Å². The SMILES string of the molecule is CC1CCC(C(C)C)C(NS(=O)(=O)N(C)CCC(=O)O)C1. The van der Waals surface area contributed by atoms with Gasteiger partial charge in [-0.25, -0.2) is 0 Å². The highest BCUT2D eigenvalue weighted by atomic mass is 32.2. The molecule has 7 heteroatoms. The van der Waals surface area contributed by atoms with Crippen molar-refractivity contribution in [2.24, 2.45) is 17.8 Å². The molecule has 1 saturated carbocycles. The van der Waals surface area contributed by atoms with Crippen LogP contribution < -0.4 is 4.72 Å². The maximum atomic E-state index is 12.3. The van der Waals surface area contributed by atoms with Crippen LogP contribution in [0.25, 0.3) is 0 Å². The molecule has 1 aliphatic rings. The molecule has 0 aromatic heterocycles. The summed E-state index contributed by atoms with van der Waals surface area (Å²) in [6, 6.07) is -0.0639. The number of carboxylic acid groups (broad SMARTS) is 1. The van der Waals surface area contributed by atoms with Crippen molar-refractivity contribution >= 4 is 16.2 Å². The zero-order chi connectivity index (χ0) is 16.2. The molecular formula is C14H28N2O4S. The van der Waals surface area contributed by atoms with Crippen molar-refractivity contribution in [1.29, 1.82) is 0 Å². The van der Waals surface area contributed by atoms with E-state index in [1.165, 1.54) is 7.05 Å². The molecular weight excluding hydrogens is 292 g/mol. The second-order valence-electron chi connectivity index (χ2n) is 6.52. The Balaban J connectivity index is 2.72. The van der Waals surface area contributed by atoms with E-state index in [9.17, 15) is 13.2 Å². The van der Waals surface area contributed by atoms with E-state index in [-0.39, 0.29) is 19.0 Å². The molecule has 3 unspecified atom stereocenters. The first kappa shape index (κ1) is 18.4. The maximum absolute atomic E-state index is 12.3. The number of aliphatic carboxylic acids is 1. The van der Waals surface area contributed by atoms with Crippen LogP contribution in [0.15, 0.2) is 0 Å².